The average Bonchev–Trinajstić information content (AvgIpc) is 2.75. The fourth-order valence-electron chi connectivity index (χ4n) is 2.88. The minimum Gasteiger partial charge on any atom is -0.486 e. The van der Waals surface area contributed by atoms with E-state index in [0.717, 1.165) is 0 Å². The van der Waals surface area contributed by atoms with Gasteiger partial charge in [-0.15, -0.1) is 0 Å². The topological polar surface area (TPSA) is 111 Å². The fourth-order valence-corrected chi connectivity index (χ4v) is 5.55. The van der Waals surface area contributed by atoms with Gasteiger partial charge in [-0.2, -0.15) is 0 Å². The van der Waals surface area contributed by atoms with E-state index in [0.29, 0.717) is 29.7 Å². The van der Waals surface area contributed by atoms with Crippen LogP contribution < -0.4 is 18.9 Å². The predicted molar refractivity (Wildman–Crippen MR) is 122 cm³/mol. The number of hydrogen-bond acceptors (Lipinski definition) is 6. The summed E-state index contributed by atoms with van der Waals surface area (Å²) in [6, 6.07) is 13.9. The van der Waals surface area contributed by atoms with Gasteiger partial charge in [0.05, 0.1) is 20.5 Å². The second-order valence-electron chi connectivity index (χ2n) is 6.67. The molecule has 0 spiro atoms. The lowest BCUT2D eigenvalue weighted by Crippen LogP contribution is -2.17. The van der Waals surface area contributed by atoms with Gasteiger partial charge in [0, 0.05) is 16.8 Å². The maximum absolute atomic E-state index is 12.7. The van der Waals surface area contributed by atoms with E-state index in [2.05, 4.69) is 9.44 Å². The first-order valence-corrected chi connectivity index (χ1v) is 12.9. The van der Waals surface area contributed by atoms with Crippen molar-refractivity contribution in [2.75, 3.05) is 22.7 Å². The van der Waals surface area contributed by atoms with Crippen molar-refractivity contribution < 1.29 is 26.3 Å². The third-order valence-electron chi connectivity index (χ3n) is 4.42. The standard InChI is InChI=1S/C20H16Cl2N2O6S2/c21-13-1-7-18(17(22)11-13)24-31(25,26)15-4-2-14(3-5-15)23-32(27,28)16-6-8-19-20(12-16)30-10-9-29-19/h1-8,11-12,23-24H,9-10H2. The summed E-state index contributed by atoms with van der Waals surface area (Å²) in [6.45, 7) is 0.723. The van der Waals surface area contributed by atoms with Crippen LogP contribution in [0.15, 0.2) is 70.5 Å². The number of sulfonamides is 2. The van der Waals surface area contributed by atoms with E-state index in [9.17, 15) is 16.8 Å². The van der Waals surface area contributed by atoms with Gasteiger partial charge in [-0.3, -0.25) is 9.44 Å². The van der Waals surface area contributed by atoms with Crippen LogP contribution in [0.5, 0.6) is 11.5 Å². The lowest BCUT2D eigenvalue weighted by atomic mass is 10.3. The van der Waals surface area contributed by atoms with E-state index in [-0.39, 0.29) is 26.2 Å². The van der Waals surface area contributed by atoms with Gasteiger partial charge in [-0.05, 0) is 54.6 Å². The zero-order chi connectivity index (χ0) is 22.9. The molecule has 1 aliphatic heterocycles. The Labute approximate surface area is 195 Å². The average molecular weight is 515 g/mol. The highest BCUT2D eigenvalue weighted by molar-refractivity contribution is 7.93. The van der Waals surface area contributed by atoms with Crippen molar-refractivity contribution in [2.24, 2.45) is 0 Å². The molecule has 0 amide bonds. The zero-order valence-corrected chi connectivity index (χ0v) is 19.4. The van der Waals surface area contributed by atoms with Gasteiger partial charge in [0.25, 0.3) is 20.0 Å². The molecule has 12 heteroatoms. The number of hydrogen-bond donors (Lipinski definition) is 2. The van der Waals surface area contributed by atoms with Crippen LogP contribution >= 0.6 is 23.2 Å². The van der Waals surface area contributed by atoms with Crippen LogP contribution in [0.4, 0.5) is 11.4 Å². The molecule has 168 valence electrons. The van der Waals surface area contributed by atoms with Crippen LogP contribution in [0, 0.1) is 0 Å². The molecule has 0 unspecified atom stereocenters. The van der Waals surface area contributed by atoms with Gasteiger partial charge >= 0.3 is 0 Å². The molecule has 1 aliphatic rings. The predicted octanol–water partition coefficient (Wildman–Crippen LogP) is 4.37. The fraction of sp³-hybridized carbons (Fsp3) is 0.100. The minimum atomic E-state index is -3.96. The molecule has 32 heavy (non-hydrogen) atoms. The Balaban J connectivity index is 1.52. The van der Waals surface area contributed by atoms with E-state index in [4.69, 9.17) is 32.7 Å². The molecule has 8 nitrogen and oxygen atoms in total. The van der Waals surface area contributed by atoms with E-state index in [1.165, 1.54) is 60.7 Å². The molecule has 0 radical (unpaired) electrons. The number of anilines is 2. The number of fused-ring (bicyclic) bond motifs is 1. The Bertz CT molecular complexity index is 1380. The van der Waals surface area contributed by atoms with Crippen LogP contribution in [-0.4, -0.2) is 30.0 Å². The third kappa shape index (κ3) is 4.88. The molecule has 0 fully saturated rings. The molecule has 2 N–H and O–H groups in total. The molecular formula is C20H16Cl2N2O6S2. The first kappa shape index (κ1) is 22.5. The van der Waals surface area contributed by atoms with Gasteiger partial charge in [-0.1, -0.05) is 23.2 Å². The molecule has 0 aliphatic carbocycles. The van der Waals surface area contributed by atoms with Crippen LogP contribution in [0.2, 0.25) is 10.0 Å². The van der Waals surface area contributed by atoms with Crippen molar-refractivity contribution in [1.29, 1.82) is 0 Å². The van der Waals surface area contributed by atoms with E-state index in [1.807, 2.05) is 0 Å². The lowest BCUT2D eigenvalue weighted by molar-refractivity contribution is 0.171. The van der Waals surface area contributed by atoms with Gasteiger partial charge < -0.3 is 9.47 Å². The molecule has 0 saturated heterocycles. The summed E-state index contributed by atoms with van der Waals surface area (Å²) in [5.41, 5.74) is 0.350. The zero-order valence-electron chi connectivity index (χ0n) is 16.2. The van der Waals surface area contributed by atoms with Crippen LogP contribution in [0.1, 0.15) is 0 Å². The van der Waals surface area contributed by atoms with E-state index < -0.39 is 20.0 Å². The van der Waals surface area contributed by atoms with Crippen molar-refractivity contribution in [3.63, 3.8) is 0 Å². The second-order valence-corrected chi connectivity index (χ2v) is 10.9. The van der Waals surface area contributed by atoms with Gasteiger partial charge in [0.1, 0.15) is 13.2 Å². The number of benzene rings is 3. The Morgan fingerprint density at radius 2 is 1.31 bits per heavy atom. The Morgan fingerprint density at radius 1 is 0.688 bits per heavy atom. The van der Waals surface area contributed by atoms with Crippen molar-refractivity contribution >= 4 is 54.6 Å². The maximum Gasteiger partial charge on any atom is 0.262 e. The molecule has 0 bridgehead atoms. The van der Waals surface area contributed by atoms with E-state index in [1.54, 1.807) is 0 Å². The Kier molecular flexibility index (Phi) is 6.13. The summed E-state index contributed by atoms with van der Waals surface area (Å²) in [6.07, 6.45) is 0. The summed E-state index contributed by atoms with van der Waals surface area (Å²) >= 11 is 11.8. The lowest BCUT2D eigenvalue weighted by Gasteiger charge is -2.19. The third-order valence-corrected chi connectivity index (χ3v) is 7.72. The highest BCUT2D eigenvalue weighted by Crippen LogP contribution is 2.33. The summed E-state index contributed by atoms with van der Waals surface area (Å²) in [5, 5.41) is 0.512. The van der Waals surface area contributed by atoms with Gasteiger partial charge in [-0.25, -0.2) is 16.8 Å². The monoisotopic (exact) mass is 514 g/mol. The summed E-state index contributed by atoms with van der Waals surface area (Å²) in [7, 11) is -7.89. The molecule has 0 atom stereocenters. The molecule has 3 aromatic rings. The highest BCUT2D eigenvalue weighted by atomic mass is 35.5. The molecule has 4 rings (SSSR count). The first-order valence-electron chi connectivity index (χ1n) is 9.14. The van der Waals surface area contributed by atoms with E-state index >= 15 is 0 Å². The summed E-state index contributed by atoms with van der Waals surface area (Å²) < 4.78 is 66.3. The van der Waals surface area contributed by atoms with Crippen molar-refractivity contribution in [2.45, 2.75) is 9.79 Å². The summed E-state index contributed by atoms with van der Waals surface area (Å²) in [5.74, 6) is 0.811. The van der Waals surface area contributed by atoms with Crippen molar-refractivity contribution in [3.05, 3.63) is 70.7 Å². The SMILES string of the molecule is O=S(=O)(Nc1ccc(S(=O)(=O)Nc2ccc(Cl)cc2Cl)cc1)c1ccc2c(c1)OCCO2. The number of ether oxygens (including phenoxy) is 2. The van der Waals surface area contributed by atoms with Gasteiger partial charge in [0.2, 0.25) is 0 Å². The smallest absolute Gasteiger partial charge is 0.262 e. The number of halogens is 2. The second kappa shape index (κ2) is 8.70. The first-order chi connectivity index (χ1) is 15.1. The largest absolute Gasteiger partial charge is 0.486 e. The highest BCUT2D eigenvalue weighted by Gasteiger charge is 2.21. The number of rotatable bonds is 6. The number of nitrogens with one attached hydrogen (secondary N) is 2. The Morgan fingerprint density at radius 3 is 2.00 bits per heavy atom. The summed E-state index contributed by atoms with van der Waals surface area (Å²) in [4.78, 5) is -0.0942. The minimum absolute atomic E-state index is 0.0162. The van der Waals surface area contributed by atoms with Crippen LogP contribution in [0.25, 0.3) is 0 Å². The maximum atomic E-state index is 12.7. The van der Waals surface area contributed by atoms with Gasteiger partial charge in [0.15, 0.2) is 11.5 Å². The molecule has 0 saturated carbocycles. The van der Waals surface area contributed by atoms with Crippen LogP contribution in [0.3, 0.4) is 0 Å². The molecule has 1 heterocycles. The van der Waals surface area contributed by atoms with Crippen LogP contribution in [-0.2, 0) is 20.0 Å². The molecule has 3 aromatic carbocycles. The quantitative estimate of drug-likeness (QED) is 0.505. The van der Waals surface area contributed by atoms with Crippen molar-refractivity contribution in [1.82, 2.24) is 0 Å². The normalized spacial score (nSPS) is 13.4. The Hall–Kier alpha value is -2.66. The molecule has 0 aromatic heterocycles. The molecular weight excluding hydrogens is 499 g/mol. The van der Waals surface area contributed by atoms with Crippen molar-refractivity contribution in [3.8, 4) is 11.5 Å².